The lowest BCUT2D eigenvalue weighted by atomic mass is 10.4. The van der Waals surface area contributed by atoms with Gasteiger partial charge in [-0.05, 0) is 12.8 Å². The number of carboxylic acids is 2. The molecule has 0 atom stereocenters. The van der Waals surface area contributed by atoms with E-state index >= 15 is 0 Å². The molecule has 0 bridgehead atoms. The molecule has 0 unspecified atom stereocenters. The fourth-order valence-electron chi connectivity index (χ4n) is 0.510. The fraction of sp³-hybridized carbons (Fsp3) is 0.375. The smallest absolute Gasteiger partial charge is 0.328 e. The van der Waals surface area contributed by atoms with E-state index in [4.69, 9.17) is 15.9 Å². The largest absolute Gasteiger partial charge is 0.478 e. The van der Waals surface area contributed by atoms with Gasteiger partial charge in [0.25, 0.3) is 0 Å². The van der Waals surface area contributed by atoms with Crippen molar-refractivity contribution in [2.45, 2.75) is 12.8 Å². The van der Waals surface area contributed by atoms with Crippen molar-refractivity contribution in [3.05, 3.63) is 12.2 Å². The van der Waals surface area contributed by atoms with Crippen LogP contribution in [0.2, 0.25) is 0 Å². The van der Waals surface area contributed by atoms with Gasteiger partial charge in [-0.3, -0.25) is 4.79 Å². The van der Waals surface area contributed by atoms with Crippen LogP contribution in [0.25, 0.3) is 0 Å². The van der Waals surface area contributed by atoms with Gasteiger partial charge in [0.2, 0.25) is 5.91 Å². The average molecular weight is 201 g/mol. The molecule has 4 N–H and O–H groups in total. The Morgan fingerprint density at radius 1 is 1.07 bits per heavy atom. The lowest BCUT2D eigenvalue weighted by Gasteiger charge is -1.77. The van der Waals surface area contributed by atoms with Gasteiger partial charge in [-0.2, -0.15) is 0 Å². The number of carbonyl (C=O) groups excluding carboxylic acids is 1. The van der Waals surface area contributed by atoms with E-state index in [-0.39, 0.29) is 11.8 Å². The van der Waals surface area contributed by atoms with Crippen molar-refractivity contribution in [1.82, 2.24) is 0 Å². The zero-order valence-electron chi connectivity index (χ0n) is 7.34. The maximum Gasteiger partial charge on any atom is 0.328 e. The summed E-state index contributed by atoms with van der Waals surface area (Å²) in [7, 11) is 0. The fourth-order valence-corrected chi connectivity index (χ4v) is 0.510. The Morgan fingerprint density at radius 3 is 1.50 bits per heavy atom. The second-order valence-corrected chi connectivity index (χ2v) is 2.69. The summed E-state index contributed by atoms with van der Waals surface area (Å²) in [6.45, 7) is 0. The topological polar surface area (TPSA) is 118 Å². The van der Waals surface area contributed by atoms with Gasteiger partial charge in [0.1, 0.15) is 0 Å². The minimum Gasteiger partial charge on any atom is -0.478 e. The number of amides is 1. The third kappa shape index (κ3) is 8.25. The van der Waals surface area contributed by atoms with E-state index in [1.165, 1.54) is 0 Å². The summed E-state index contributed by atoms with van der Waals surface area (Å²) >= 11 is 0. The van der Waals surface area contributed by atoms with Gasteiger partial charge in [0.05, 0.1) is 0 Å². The first-order valence-electron chi connectivity index (χ1n) is 3.86. The molecule has 6 nitrogen and oxygen atoms in total. The van der Waals surface area contributed by atoms with Gasteiger partial charge >= 0.3 is 11.9 Å². The molecule has 78 valence electrons. The number of hydrogen-bond acceptors (Lipinski definition) is 3. The number of nitrogens with two attached hydrogens (primary N) is 1. The van der Waals surface area contributed by atoms with Gasteiger partial charge in [-0.1, -0.05) is 0 Å². The highest BCUT2D eigenvalue weighted by molar-refractivity contribution is 5.89. The van der Waals surface area contributed by atoms with Gasteiger partial charge in [-0.15, -0.1) is 0 Å². The van der Waals surface area contributed by atoms with Crippen LogP contribution in [-0.2, 0) is 14.4 Å². The van der Waals surface area contributed by atoms with Crippen molar-refractivity contribution in [3.63, 3.8) is 0 Å². The molecule has 6 heteroatoms. The molecule has 14 heavy (non-hydrogen) atoms. The summed E-state index contributed by atoms with van der Waals surface area (Å²) in [5.74, 6) is -2.40. The molecule has 0 aromatic rings. The third-order valence-electron chi connectivity index (χ3n) is 1.35. The standard InChI is InChI=1S/C4H7NO.C4H4O4/c5-4(6)3-1-2-3;5-3(6)1-2-4(7)8/h3H,1-2H2,(H2,5,6);1-2H,(H,5,6)(H,7,8). The van der Waals surface area contributed by atoms with Crippen molar-refractivity contribution in [2.75, 3.05) is 0 Å². The minimum absolute atomic E-state index is 0.130. The summed E-state index contributed by atoms with van der Waals surface area (Å²) in [6.07, 6.45) is 3.16. The van der Waals surface area contributed by atoms with Crippen LogP contribution in [0, 0.1) is 5.92 Å². The van der Waals surface area contributed by atoms with E-state index in [2.05, 4.69) is 0 Å². The molecule has 0 heterocycles. The van der Waals surface area contributed by atoms with Crippen molar-refractivity contribution < 1.29 is 24.6 Å². The Bertz CT molecular complexity index is 251. The maximum atomic E-state index is 9.98. The van der Waals surface area contributed by atoms with Crippen molar-refractivity contribution in [2.24, 2.45) is 11.7 Å². The molecule has 1 saturated carbocycles. The SMILES string of the molecule is NC(=O)C1CC1.O=C(O)C=CC(=O)O. The molecule has 0 spiro atoms. The Balaban J connectivity index is 0.000000249. The van der Waals surface area contributed by atoms with Gasteiger partial charge < -0.3 is 15.9 Å². The summed E-state index contributed by atoms with van der Waals surface area (Å²) in [5, 5.41) is 15.6. The summed E-state index contributed by atoms with van der Waals surface area (Å²) in [6, 6.07) is 0. The van der Waals surface area contributed by atoms with Crippen molar-refractivity contribution >= 4 is 17.8 Å². The highest BCUT2D eigenvalue weighted by atomic mass is 16.4. The lowest BCUT2D eigenvalue weighted by molar-refractivity contribution is -0.134. The molecule has 1 aliphatic rings. The molecule has 0 aromatic carbocycles. The predicted molar refractivity (Wildman–Crippen MR) is 46.3 cm³/mol. The Labute approximate surface area is 80.0 Å². The number of rotatable bonds is 3. The molecule has 1 amide bonds. The molecular weight excluding hydrogens is 190 g/mol. The molecule has 0 aliphatic heterocycles. The van der Waals surface area contributed by atoms with Crippen LogP contribution in [0.1, 0.15) is 12.8 Å². The van der Waals surface area contributed by atoms with E-state index in [0.29, 0.717) is 12.2 Å². The maximum absolute atomic E-state index is 9.98. The molecule has 0 aromatic heterocycles. The molecule has 1 aliphatic carbocycles. The second-order valence-electron chi connectivity index (χ2n) is 2.69. The van der Waals surface area contributed by atoms with Gasteiger partial charge in [-0.25, -0.2) is 9.59 Å². The number of carboxylic acid groups (broad SMARTS) is 2. The van der Waals surface area contributed by atoms with Crippen LogP contribution in [0.3, 0.4) is 0 Å². The zero-order valence-corrected chi connectivity index (χ0v) is 7.34. The third-order valence-corrected chi connectivity index (χ3v) is 1.35. The number of primary amides is 1. The zero-order chi connectivity index (χ0) is 11.1. The molecular formula is C8H11NO5. The number of carbonyl (C=O) groups is 3. The number of aliphatic carboxylic acids is 2. The van der Waals surface area contributed by atoms with Crippen molar-refractivity contribution in [3.8, 4) is 0 Å². The first-order valence-corrected chi connectivity index (χ1v) is 3.86. The Morgan fingerprint density at radius 2 is 1.43 bits per heavy atom. The predicted octanol–water partition coefficient (Wildman–Crippen LogP) is -0.407. The highest BCUT2D eigenvalue weighted by Gasteiger charge is 2.26. The van der Waals surface area contributed by atoms with Crippen LogP contribution in [-0.4, -0.2) is 28.1 Å². The second kappa shape index (κ2) is 5.74. The van der Waals surface area contributed by atoms with E-state index in [9.17, 15) is 14.4 Å². The van der Waals surface area contributed by atoms with Gasteiger partial charge in [0.15, 0.2) is 0 Å². The van der Waals surface area contributed by atoms with Crippen molar-refractivity contribution in [1.29, 1.82) is 0 Å². The molecule has 0 radical (unpaired) electrons. The monoisotopic (exact) mass is 201 g/mol. The van der Waals surface area contributed by atoms with E-state index in [0.717, 1.165) is 12.8 Å². The first-order chi connectivity index (χ1) is 6.43. The van der Waals surface area contributed by atoms with Crippen LogP contribution in [0.5, 0.6) is 0 Å². The normalized spacial score (nSPS) is 14.3. The lowest BCUT2D eigenvalue weighted by Crippen LogP contribution is -2.11. The van der Waals surface area contributed by atoms with E-state index < -0.39 is 11.9 Å². The van der Waals surface area contributed by atoms with Gasteiger partial charge in [0, 0.05) is 18.1 Å². The molecule has 0 saturated heterocycles. The molecule has 1 fully saturated rings. The van der Waals surface area contributed by atoms with Crippen LogP contribution < -0.4 is 5.73 Å². The Kier molecular flexibility index (Phi) is 4.98. The average Bonchev–Trinajstić information content (AvgIpc) is 2.83. The van der Waals surface area contributed by atoms with E-state index in [1.807, 2.05) is 0 Å². The van der Waals surface area contributed by atoms with E-state index in [1.54, 1.807) is 0 Å². The molecule has 1 rings (SSSR count). The van der Waals surface area contributed by atoms with Crippen LogP contribution >= 0.6 is 0 Å². The summed E-state index contributed by atoms with van der Waals surface area (Å²) < 4.78 is 0. The highest BCUT2D eigenvalue weighted by Crippen LogP contribution is 2.27. The summed E-state index contributed by atoms with van der Waals surface area (Å²) in [4.78, 5) is 29.1. The van der Waals surface area contributed by atoms with Crippen LogP contribution in [0.15, 0.2) is 12.2 Å². The number of hydrogen-bond donors (Lipinski definition) is 3. The summed E-state index contributed by atoms with van der Waals surface area (Å²) in [5.41, 5.74) is 4.86. The minimum atomic E-state index is -1.26. The van der Waals surface area contributed by atoms with Crippen LogP contribution in [0.4, 0.5) is 0 Å². The Hall–Kier alpha value is -1.85. The quantitative estimate of drug-likeness (QED) is 0.536. The first kappa shape index (κ1) is 12.2.